The molecule has 0 aliphatic rings. The van der Waals surface area contributed by atoms with Crippen molar-refractivity contribution in [2.45, 2.75) is 43.5 Å². The molecule has 2 rings (SSSR count). The fraction of sp³-hybridized carbons (Fsp3) is 0.471. The number of aromatic nitrogens is 3. The van der Waals surface area contributed by atoms with E-state index in [0.717, 1.165) is 5.16 Å². The van der Waals surface area contributed by atoms with Crippen LogP contribution in [0.2, 0.25) is 0 Å². The topological polar surface area (TPSA) is 59.8 Å². The lowest BCUT2D eigenvalue weighted by Gasteiger charge is -2.28. The van der Waals surface area contributed by atoms with Crippen LogP contribution in [-0.4, -0.2) is 32.5 Å². The molecule has 0 bridgehead atoms. The largest absolute Gasteiger partial charge is 0.354 e. The van der Waals surface area contributed by atoms with Crippen LogP contribution in [0.1, 0.15) is 31.9 Å². The van der Waals surface area contributed by atoms with Crippen molar-refractivity contribution >= 4 is 17.7 Å². The Balaban J connectivity index is 1.95. The molecule has 2 aromatic rings. The molecule has 0 aliphatic heterocycles. The van der Waals surface area contributed by atoms with Crippen LogP contribution in [0.15, 0.2) is 35.7 Å². The number of hydrogen-bond donors (Lipinski definition) is 1. The first-order chi connectivity index (χ1) is 10.8. The molecule has 0 unspecified atom stereocenters. The minimum absolute atomic E-state index is 0.0136. The average molecular weight is 332 g/mol. The second-order valence-corrected chi connectivity index (χ2v) is 7.71. The molecule has 0 saturated heterocycles. The number of carbonyl (C=O) groups excluding carboxylic acids is 1. The maximum atomic E-state index is 12.4. The minimum Gasteiger partial charge on any atom is -0.354 e. The van der Waals surface area contributed by atoms with Gasteiger partial charge in [0.1, 0.15) is 6.33 Å². The molecule has 1 N–H and O–H groups in total. The van der Waals surface area contributed by atoms with Crippen LogP contribution in [0.3, 0.4) is 0 Å². The number of hydrogen-bond acceptors (Lipinski definition) is 4. The van der Waals surface area contributed by atoms with Gasteiger partial charge in [-0.05, 0) is 25.0 Å². The zero-order chi connectivity index (χ0) is 17.0. The van der Waals surface area contributed by atoms with Gasteiger partial charge in [-0.15, -0.1) is 10.2 Å². The van der Waals surface area contributed by atoms with Gasteiger partial charge in [0, 0.05) is 19.0 Å². The highest BCUT2D eigenvalue weighted by molar-refractivity contribution is 8.00. The van der Waals surface area contributed by atoms with Gasteiger partial charge < -0.3 is 9.88 Å². The van der Waals surface area contributed by atoms with Gasteiger partial charge >= 0.3 is 0 Å². The molecule has 0 spiro atoms. The van der Waals surface area contributed by atoms with Gasteiger partial charge in [0.25, 0.3) is 0 Å². The number of nitrogens with one attached hydrogen (secondary N) is 1. The van der Waals surface area contributed by atoms with Crippen LogP contribution in [0.25, 0.3) is 0 Å². The highest BCUT2D eigenvalue weighted by Crippen LogP contribution is 2.26. The number of nitrogens with zero attached hydrogens (tertiary/aromatic N) is 3. The molecule has 1 aromatic heterocycles. The summed E-state index contributed by atoms with van der Waals surface area (Å²) in [4.78, 5) is 12.4. The summed E-state index contributed by atoms with van der Waals surface area (Å²) in [5, 5.41) is 11.4. The van der Waals surface area contributed by atoms with Crippen LogP contribution in [0.4, 0.5) is 0 Å². The van der Waals surface area contributed by atoms with E-state index < -0.39 is 0 Å². The Kier molecular flexibility index (Phi) is 5.46. The van der Waals surface area contributed by atoms with Crippen molar-refractivity contribution < 1.29 is 4.79 Å². The molecule has 1 amide bonds. The molecule has 1 atom stereocenters. The number of amides is 1. The zero-order valence-electron chi connectivity index (χ0n) is 14.3. The molecule has 0 radical (unpaired) electrons. The van der Waals surface area contributed by atoms with E-state index >= 15 is 0 Å². The first kappa shape index (κ1) is 17.5. The molecular formula is C17H24N4OS. The summed E-state index contributed by atoms with van der Waals surface area (Å²) in [5.74, 6) is 0.0136. The quantitative estimate of drug-likeness (QED) is 0.826. The Morgan fingerprint density at radius 1 is 1.39 bits per heavy atom. The van der Waals surface area contributed by atoms with Gasteiger partial charge in [-0.1, -0.05) is 49.9 Å². The van der Waals surface area contributed by atoms with E-state index in [1.165, 1.54) is 22.9 Å². The van der Waals surface area contributed by atoms with E-state index in [1.54, 1.807) is 6.33 Å². The van der Waals surface area contributed by atoms with Crippen LogP contribution in [0, 0.1) is 6.92 Å². The Morgan fingerprint density at radius 2 is 2.09 bits per heavy atom. The summed E-state index contributed by atoms with van der Waals surface area (Å²) in [5.41, 5.74) is 2.39. The number of thioether (sulfide) groups is 1. The first-order valence-corrected chi connectivity index (χ1v) is 8.53. The Labute approximate surface area is 141 Å². The maximum absolute atomic E-state index is 12.4. The second kappa shape index (κ2) is 7.17. The van der Waals surface area contributed by atoms with Gasteiger partial charge in [0.2, 0.25) is 5.91 Å². The van der Waals surface area contributed by atoms with Crippen molar-refractivity contribution in [3.63, 3.8) is 0 Å². The Bertz CT molecular complexity index is 681. The predicted molar refractivity (Wildman–Crippen MR) is 93.5 cm³/mol. The van der Waals surface area contributed by atoms with Crippen LogP contribution in [-0.2, 0) is 17.3 Å². The lowest BCUT2D eigenvalue weighted by atomic mass is 9.82. The zero-order valence-corrected chi connectivity index (χ0v) is 15.1. The summed E-state index contributed by atoms with van der Waals surface area (Å²) >= 11 is 1.41. The van der Waals surface area contributed by atoms with E-state index in [9.17, 15) is 4.79 Å². The summed E-state index contributed by atoms with van der Waals surface area (Å²) in [6.07, 6.45) is 1.63. The van der Waals surface area contributed by atoms with E-state index in [4.69, 9.17) is 0 Å². The van der Waals surface area contributed by atoms with E-state index in [1.807, 2.05) is 30.7 Å². The number of rotatable bonds is 6. The predicted octanol–water partition coefficient (Wildman–Crippen LogP) is 2.70. The first-order valence-electron chi connectivity index (χ1n) is 7.66. The monoisotopic (exact) mass is 332 g/mol. The van der Waals surface area contributed by atoms with Crippen LogP contribution >= 0.6 is 11.8 Å². The van der Waals surface area contributed by atoms with Crippen molar-refractivity contribution in [2.75, 3.05) is 6.54 Å². The smallest absolute Gasteiger partial charge is 0.233 e. The van der Waals surface area contributed by atoms with Crippen LogP contribution in [0.5, 0.6) is 0 Å². The van der Waals surface area contributed by atoms with Crippen molar-refractivity contribution in [1.29, 1.82) is 0 Å². The third-order valence-corrected chi connectivity index (χ3v) is 5.05. The molecule has 6 heteroatoms. The standard InChI is InChI=1S/C17H24N4OS/c1-12-8-6-7-9-14(12)17(3,4)10-18-15(22)13(2)23-16-20-19-11-21(16)5/h6-9,11,13H,10H2,1-5H3,(H,18,22)/t13-/m0/s1. The molecular weight excluding hydrogens is 308 g/mol. The molecule has 0 saturated carbocycles. The normalized spacial score (nSPS) is 12.9. The molecule has 5 nitrogen and oxygen atoms in total. The van der Waals surface area contributed by atoms with Crippen LogP contribution < -0.4 is 5.32 Å². The minimum atomic E-state index is -0.217. The van der Waals surface area contributed by atoms with Crippen molar-refractivity contribution in [3.05, 3.63) is 41.7 Å². The Morgan fingerprint density at radius 3 is 2.70 bits per heavy atom. The third kappa shape index (κ3) is 4.34. The van der Waals surface area contributed by atoms with Gasteiger partial charge in [-0.3, -0.25) is 4.79 Å². The van der Waals surface area contributed by atoms with Gasteiger partial charge in [0.05, 0.1) is 5.25 Å². The highest BCUT2D eigenvalue weighted by atomic mass is 32.2. The molecule has 1 aromatic carbocycles. The number of benzene rings is 1. The van der Waals surface area contributed by atoms with E-state index in [-0.39, 0.29) is 16.6 Å². The lowest BCUT2D eigenvalue weighted by Crippen LogP contribution is -2.40. The number of aryl methyl sites for hydroxylation is 2. The lowest BCUT2D eigenvalue weighted by molar-refractivity contribution is -0.120. The van der Waals surface area contributed by atoms with Gasteiger partial charge in [0.15, 0.2) is 5.16 Å². The SMILES string of the molecule is Cc1ccccc1C(C)(C)CNC(=O)[C@H](C)Sc1nncn1C. The average Bonchev–Trinajstić information content (AvgIpc) is 2.90. The second-order valence-electron chi connectivity index (χ2n) is 6.40. The highest BCUT2D eigenvalue weighted by Gasteiger charge is 2.25. The third-order valence-electron chi connectivity index (χ3n) is 3.90. The molecule has 1 heterocycles. The maximum Gasteiger partial charge on any atom is 0.233 e. The molecule has 124 valence electrons. The van der Waals surface area contributed by atoms with Crippen molar-refractivity contribution in [3.8, 4) is 0 Å². The van der Waals surface area contributed by atoms with Gasteiger partial charge in [-0.25, -0.2) is 0 Å². The number of carbonyl (C=O) groups is 1. The molecule has 23 heavy (non-hydrogen) atoms. The van der Waals surface area contributed by atoms with Crippen molar-refractivity contribution in [1.82, 2.24) is 20.1 Å². The summed E-state index contributed by atoms with van der Waals surface area (Å²) < 4.78 is 1.81. The van der Waals surface area contributed by atoms with Crippen molar-refractivity contribution in [2.24, 2.45) is 7.05 Å². The van der Waals surface area contributed by atoms with E-state index in [0.29, 0.717) is 6.54 Å². The summed E-state index contributed by atoms with van der Waals surface area (Å²) in [7, 11) is 1.87. The molecule has 0 aliphatic carbocycles. The fourth-order valence-electron chi connectivity index (χ4n) is 2.47. The fourth-order valence-corrected chi connectivity index (χ4v) is 3.28. The summed E-state index contributed by atoms with van der Waals surface area (Å²) in [6, 6.07) is 8.30. The van der Waals surface area contributed by atoms with E-state index in [2.05, 4.69) is 48.4 Å². The van der Waals surface area contributed by atoms with Gasteiger partial charge in [-0.2, -0.15) is 0 Å². The Hall–Kier alpha value is -1.82. The summed E-state index contributed by atoms with van der Waals surface area (Å²) in [6.45, 7) is 8.88. The molecule has 0 fully saturated rings.